The maximum absolute atomic E-state index is 12.5. The first-order chi connectivity index (χ1) is 10.6. The number of tetrazole rings is 1. The molecule has 2 heterocycles. The number of hydrogen-bond acceptors (Lipinski definition) is 7. The predicted octanol–water partition coefficient (Wildman–Crippen LogP) is 1.69. The van der Waals surface area contributed by atoms with Gasteiger partial charge in [0.05, 0.1) is 11.3 Å². The first kappa shape index (κ1) is 14.3. The normalized spacial score (nSPS) is 10.7. The summed E-state index contributed by atoms with van der Waals surface area (Å²) in [6.45, 7) is 5.73. The second-order valence-electron chi connectivity index (χ2n) is 4.74. The monoisotopic (exact) mass is 315 g/mol. The lowest BCUT2D eigenvalue weighted by Crippen LogP contribution is -2.16. The molecule has 0 unspecified atom stereocenters. The Morgan fingerprint density at radius 2 is 2.05 bits per heavy atom. The van der Waals surface area contributed by atoms with Crippen molar-refractivity contribution in [3.8, 4) is 5.69 Å². The van der Waals surface area contributed by atoms with E-state index in [2.05, 4.69) is 31.0 Å². The molecule has 0 aliphatic carbocycles. The lowest BCUT2D eigenvalue weighted by Gasteiger charge is -2.13. The quantitative estimate of drug-likeness (QED) is 0.789. The molecule has 0 aliphatic rings. The number of carbonyl (C=O) groups is 1. The first-order valence-electron chi connectivity index (χ1n) is 6.51. The molecular weight excluding hydrogens is 302 g/mol. The van der Waals surface area contributed by atoms with Gasteiger partial charge in [-0.2, -0.15) is 4.68 Å². The lowest BCUT2D eigenvalue weighted by atomic mass is 10.0. The van der Waals surface area contributed by atoms with E-state index in [1.54, 1.807) is 6.07 Å². The fourth-order valence-electron chi connectivity index (χ4n) is 2.05. The third-order valence-electron chi connectivity index (χ3n) is 3.27. The summed E-state index contributed by atoms with van der Waals surface area (Å²) < 4.78 is 1.49. The molecule has 1 aromatic carbocycles. The van der Waals surface area contributed by atoms with Gasteiger partial charge in [0.1, 0.15) is 11.3 Å². The first-order valence-corrected chi connectivity index (χ1v) is 7.33. The van der Waals surface area contributed by atoms with Crippen molar-refractivity contribution in [1.29, 1.82) is 0 Å². The van der Waals surface area contributed by atoms with E-state index in [-0.39, 0.29) is 5.91 Å². The van der Waals surface area contributed by atoms with Gasteiger partial charge in [0.15, 0.2) is 0 Å². The molecule has 1 amide bonds. The third kappa shape index (κ3) is 2.58. The molecule has 0 fully saturated rings. The Morgan fingerprint density at radius 1 is 1.23 bits per heavy atom. The zero-order valence-electron chi connectivity index (χ0n) is 12.2. The van der Waals surface area contributed by atoms with Crippen LogP contribution in [0.25, 0.3) is 5.69 Å². The van der Waals surface area contributed by atoms with Gasteiger partial charge in [-0.15, -0.1) is 15.3 Å². The number of aromatic nitrogens is 6. The Morgan fingerprint density at radius 3 is 2.68 bits per heavy atom. The van der Waals surface area contributed by atoms with Crippen LogP contribution in [-0.4, -0.2) is 36.3 Å². The summed E-state index contributed by atoms with van der Waals surface area (Å²) in [5.41, 5.74) is 3.12. The summed E-state index contributed by atoms with van der Waals surface area (Å²) in [5, 5.41) is 23.0. The number of anilines is 1. The molecule has 1 N–H and O–H groups in total. The molecule has 0 radical (unpaired) electrons. The molecule has 0 aliphatic heterocycles. The van der Waals surface area contributed by atoms with Gasteiger partial charge in [-0.1, -0.05) is 17.4 Å². The van der Waals surface area contributed by atoms with Gasteiger partial charge >= 0.3 is 0 Å². The van der Waals surface area contributed by atoms with Gasteiger partial charge in [0.2, 0.25) is 5.13 Å². The number of rotatable bonds is 3. The molecule has 0 atom stereocenters. The highest BCUT2D eigenvalue weighted by molar-refractivity contribution is 7.15. The third-order valence-corrected chi connectivity index (χ3v) is 4.03. The minimum Gasteiger partial charge on any atom is -0.296 e. The van der Waals surface area contributed by atoms with Crippen LogP contribution >= 0.6 is 11.3 Å². The van der Waals surface area contributed by atoms with Gasteiger partial charge in [-0.25, -0.2) is 0 Å². The average molecular weight is 315 g/mol. The SMILES string of the molecule is Cc1nnc(NC(=O)c2ccc(C)c(C)c2-n2cnnn2)s1. The van der Waals surface area contributed by atoms with Crippen molar-refractivity contribution in [2.45, 2.75) is 20.8 Å². The molecule has 9 heteroatoms. The summed E-state index contributed by atoms with van der Waals surface area (Å²) in [6, 6.07) is 3.64. The molecule has 0 saturated heterocycles. The zero-order valence-corrected chi connectivity index (χ0v) is 13.0. The van der Waals surface area contributed by atoms with Crippen LogP contribution in [0.4, 0.5) is 5.13 Å². The smallest absolute Gasteiger partial charge is 0.259 e. The molecular formula is C13H13N7OS. The maximum Gasteiger partial charge on any atom is 0.259 e. The Kier molecular flexibility index (Phi) is 3.63. The summed E-state index contributed by atoms with van der Waals surface area (Å²) in [5.74, 6) is -0.273. The Hall–Kier alpha value is -2.68. The second-order valence-corrected chi connectivity index (χ2v) is 5.92. The maximum atomic E-state index is 12.5. The summed E-state index contributed by atoms with van der Waals surface area (Å²) in [4.78, 5) is 12.5. The average Bonchev–Trinajstić information content (AvgIpc) is 3.13. The minimum atomic E-state index is -0.273. The number of nitrogens with zero attached hydrogens (tertiary/aromatic N) is 6. The van der Waals surface area contributed by atoms with Crippen molar-refractivity contribution < 1.29 is 4.79 Å². The fraction of sp³-hybridized carbons (Fsp3) is 0.231. The van der Waals surface area contributed by atoms with Crippen LogP contribution in [0.5, 0.6) is 0 Å². The Balaban J connectivity index is 2.03. The van der Waals surface area contributed by atoms with Crippen molar-refractivity contribution in [3.05, 3.63) is 40.2 Å². The number of aryl methyl sites for hydroxylation is 2. The molecule has 3 aromatic rings. The number of benzene rings is 1. The van der Waals surface area contributed by atoms with Crippen LogP contribution in [0.15, 0.2) is 18.5 Å². The highest BCUT2D eigenvalue weighted by Crippen LogP contribution is 2.23. The molecule has 2 aromatic heterocycles. The summed E-state index contributed by atoms with van der Waals surface area (Å²) in [7, 11) is 0. The number of nitrogens with one attached hydrogen (secondary N) is 1. The van der Waals surface area contributed by atoms with Crippen molar-refractivity contribution >= 4 is 22.4 Å². The van der Waals surface area contributed by atoms with E-state index in [4.69, 9.17) is 0 Å². The van der Waals surface area contributed by atoms with E-state index in [1.165, 1.54) is 22.3 Å². The van der Waals surface area contributed by atoms with Crippen LogP contribution < -0.4 is 5.32 Å². The second kappa shape index (κ2) is 5.60. The Labute approximate surface area is 130 Å². The standard InChI is InChI=1S/C13H13N7OS/c1-7-4-5-10(11(8(7)2)20-6-14-18-19-20)12(21)15-13-17-16-9(3)22-13/h4-6H,1-3H3,(H,15,17,21). The van der Waals surface area contributed by atoms with E-state index in [0.29, 0.717) is 16.4 Å². The lowest BCUT2D eigenvalue weighted by molar-refractivity contribution is 0.102. The molecule has 0 saturated carbocycles. The van der Waals surface area contributed by atoms with Crippen LogP contribution in [-0.2, 0) is 0 Å². The van der Waals surface area contributed by atoms with Gasteiger partial charge in [0.25, 0.3) is 5.91 Å². The summed E-state index contributed by atoms with van der Waals surface area (Å²) >= 11 is 1.32. The fourth-order valence-corrected chi connectivity index (χ4v) is 2.64. The largest absolute Gasteiger partial charge is 0.296 e. The number of carbonyl (C=O) groups excluding carboxylic acids is 1. The minimum absolute atomic E-state index is 0.273. The highest BCUT2D eigenvalue weighted by Gasteiger charge is 2.18. The van der Waals surface area contributed by atoms with E-state index in [1.807, 2.05) is 26.8 Å². The predicted molar refractivity (Wildman–Crippen MR) is 81.2 cm³/mol. The van der Waals surface area contributed by atoms with E-state index in [9.17, 15) is 4.79 Å². The topological polar surface area (TPSA) is 98.5 Å². The highest BCUT2D eigenvalue weighted by atomic mass is 32.1. The van der Waals surface area contributed by atoms with Crippen LogP contribution in [0.2, 0.25) is 0 Å². The van der Waals surface area contributed by atoms with Gasteiger partial charge in [-0.3, -0.25) is 10.1 Å². The van der Waals surface area contributed by atoms with Gasteiger partial charge in [-0.05, 0) is 48.4 Å². The van der Waals surface area contributed by atoms with Gasteiger partial charge < -0.3 is 0 Å². The van der Waals surface area contributed by atoms with Crippen molar-refractivity contribution in [3.63, 3.8) is 0 Å². The van der Waals surface area contributed by atoms with Crippen molar-refractivity contribution in [2.75, 3.05) is 5.32 Å². The van der Waals surface area contributed by atoms with Crippen LogP contribution in [0.3, 0.4) is 0 Å². The van der Waals surface area contributed by atoms with Crippen molar-refractivity contribution in [2.24, 2.45) is 0 Å². The van der Waals surface area contributed by atoms with E-state index in [0.717, 1.165) is 16.1 Å². The van der Waals surface area contributed by atoms with Crippen LogP contribution in [0, 0.1) is 20.8 Å². The van der Waals surface area contributed by atoms with Gasteiger partial charge in [0, 0.05) is 0 Å². The molecule has 0 spiro atoms. The molecule has 0 bridgehead atoms. The van der Waals surface area contributed by atoms with Crippen LogP contribution in [0.1, 0.15) is 26.5 Å². The summed E-state index contributed by atoms with van der Waals surface area (Å²) in [6.07, 6.45) is 1.47. The van der Waals surface area contributed by atoms with E-state index >= 15 is 0 Å². The van der Waals surface area contributed by atoms with Crippen molar-refractivity contribution in [1.82, 2.24) is 30.4 Å². The molecule has 8 nitrogen and oxygen atoms in total. The Bertz CT molecular complexity index is 825. The number of amides is 1. The number of hydrogen-bond donors (Lipinski definition) is 1. The molecule has 3 rings (SSSR count). The zero-order chi connectivity index (χ0) is 15.7. The molecule has 22 heavy (non-hydrogen) atoms. The molecule has 112 valence electrons. The van der Waals surface area contributed by atoms with E-state index < -0.39 is 0 Å².